The first-order valence-electron chi connectivity index (χ1n) is 7.04. The van der Waals surface area contributed by atoms with Crippen molar-refractivity contribution in [2.24, 2.45) is 0 Å². The summed E-state index contributed by atoms with van der Waals surface area (Å²) in [6, 6.07) is 6.12. The number of methoxy groups -OCH3 is 1. The van der Waals surface area contributed by atoms with Crippen LogP contribution in [0.1, 0.15) is 12.5 Å². The van der Waals surface area contributed by atoms with E-state index in [-0.39, 0.29) is 5.91 Å². The van der Waals surface area contributed by atoms with Gasteiger partial charge in [0.25, 0.3) is 0 Å². The quantitative estimate of drug-likeness (QED) is 0.661. The summed E-state index contributed by atoms with van der Waals surface area (Å²) in [6.07, 6.45) is 0. The number of amides is 1. The molecule has 0 aliphatic rings. The van der Waals surface area contributed by atoms with Crippen LogP contribution < -0.4 is 15.5 Å². The lowest BCUT2D eigenvalue weighted by atomic mass is 10.2. The number of ether oxygens (including phenoxy) is 1. The Bertz CT molecular complexity index is 455. The number of carbonyl (C=O) groups is 1. The van der Waals surface area contributed by atoms with Gasteiger partial charge in [0.15, 0.2) is 0 Å². The zero-order chi connectivity index (χ0) is 15.7. The van der Waals surface area contributed by atoms with Gasteiger partial charge in [-0.25, -0.2) is 0 Å². The molecule has 1 rings (SSSR count). The molecule has 1 amide bonds. The minimum Gasteiger partial charge on any atom is -0.383 e. The molecule has 0 heterocycles. The highest BCUT2D eigenvalue weighted by Crippen LogP contribution is 2.23. The van der Waals surface area contributed by atoms with E-state index in [1.165, 1.54) is 5.56 Å². The lowest BCUT2D eigenvalue weighted by molar-refractivity contribution is -0.119. The van der Waals surface area contributed by atoms with E-state index in [1.54, 1.807) is 7.11 Å². The number of halogens is 1. The van der Waals surface area contributed by atoms with E-state index in [1.807, 2.05) is 31.0 Å². The predicted molar refractivity (Wildman–Crippen MR) is 89.7 cm³/mol. The second-order valence-electron chi connectivity index (χ2n) is 4.75. The van der Waals surface area contributed by atoms with Gasteiger partial charge in [0.1, 0.15) is 0 Å². The Labute approximate surface area is 135 Å². The van der Waals surface area contributed by atoms with Crippen LogP contribution in [-0.2, 0) is 16.1 Å². The molecule has 1 aromatic rings. The number of hydrogen-bond acceptors (Lipinski definition) is 4. The van der Waals surface area contributed by atoms with E-state index in [4.69, 9.17) is 4.74 Å². The maximum atomic E-state index is 11.6. The SMILES string of the molecule is CCNC(=O)CN(C)c1ccc(CNCCOC)c(Br)c1. The van der Waals surface area contributed by atoms with Crippen molar-refractivity contribution in [2.75, 3.05) is 45.3 Å². The zero-order valence-electron chi connectivity index (χ0n) is 12.9. The molecule has 0 unspecified atom stereocenters. The van der Waals surface area contributed by atoms with Crippen LogP contribution in [0.5, 0.6) is 0 Å². The summed E-state index contributed by atoms with van der Waals surface area (Å²) in [6.45, 7) is 5.23. The smallest absolute Gasteiger partial charge is 0.239 e. The molecular formula is C15H24BrN3O2. The molecule has 5 nitrogen and oxygen atoms in total. The minimum absolute atomic E-state index is 0.0291. The van der Waals surface area contributed by atoms with Crippen LogP contribution >= 0.6 is 15.9 Å². The molecule has 0 bridgehead atoms. The average molecular weight is 358 g/mol. The number of likely N-dealkylation sites (N-methyl/N-ethyl adjacent to an activating group) is 2. The number of nitrogens with one attached hydrogen (secondary N) is 2. The first-order valence-corrected chi connectivity index (χ1v) is 7.83. The number of carbonyl (C=O) groups excluding carboxylic acids is 1. The summed E-state index contributed by atoms with van der Waals surface area (Å²) >= 11 is 3.58. The Hall–Kier alpha value is -1.11. The lowest BCUT2D eigenvalue weighted by Crippen LogP contribution is -2.34. The van der Waals surface area contributed by atoms with Crippen molar-refractivity contribution in [1.29, 1.82) is 0 Å². The number of rotatable bonds is 9. The van der Waals surface area contributed by atoms with Gasteiger partial charge in [0, 0.05) is 44.0 Å². The average Bonchev–Trinajstić information content (AvgIpc) is 2.45. The highest BCUT2D eigenvalue weighted by Gasteiger charge is 2.08. The molecule has 1 aromatic carbocycles. The topological polar surface area (TPSA) is 53.6 Å². The second-order valence-corrected chi connectivity index (χ2v) is 5.61. The fourth-order valence-corrected chi connectivity index (χ4v) is 2.38. The summed E-state index contributed by atoms with van der Waals surface area (Å²) < 4.78 is 6.03. The van der Waals surface area contributed by atoms with Gasteiger partial charge in [-0.1, -0.05) is 22.0 Å². The molecule has 0 aromatic heterocycles. The van der Waals surface area contributed by atoms with Crippen molar-refractivity contribution >= 4 is 27.5 Å². The lowest BCUT2D eigenvalue weighted by Gasteiger charge is -2.19. The first kappa shape index (κ1) is 17.9. The van der Waals surface area contributed by atoms with Crippen molar-refractivity contribution in [1.82, 2.24) is 10.6 Å². The Kier molecular flexibility index (Phi) is 8.34. The molecule has 0 aliphatic heterocycles. The molecule has 0 radical (unpaired) electrons. The zero-order valence-corrected chi connectivity index (χ0v) is 14.5. The monoisotopic (exact) mass is 357 g/mol. The summed E-state index contributed by atoms with van der Waals surface area (Å²) in [5.74, 6) is 0.0291. The maximum absolute atomic E-state index is 11.6. The number of anilines is 1. The van der Waals surface area contributed by atoms with Crippen LogP contribution in [0.25, 0.3) is 0 Å². The summed E-state index contributed by atoms with van der Waals surface area (Å²) in [4.78, 5) is 13.5. The predicted octanol–water partition coefficient (Wildman–Crippen LogP) is 1.76. The van der Waals surface area contributed by atoms with Crippen LogP contribution in [0.2, 0.25) is 0 Å². The van der Waals surface area contributed by atoms with Crippen molar-refractivity contribution in [3.05, 3.63) is 28.2 Å². The highest BCUT2D eigenvalue weighted by atomic mass is 79.9. The Morgan fingerprint density at radius 3 is 2.81 bits per heavy atom. The van der Waals surface area contributed by atoms with Crippen LogP contribution in [0.15, 0.2) is 22.7 Å². The summed E-state index contributed by atoms with van der Waals surface area (Å²) in [5.41, 5.74) is 2.19. The van der Waals surface area contributed by atoms with Gasteiger partial charge in [-0.2, -0.15) is 0 Å². The Morgan fingerprint density at radius 1 is 1.43 bits per heavy atom. The van der Waals surface area contributed by atoms with Crippen molar-refractivity contribution in [3.63, 3.8) is 0 Å². The number of hydrogen-bond donors (Lipinski definition) is 2. The number of nitrogens with zero attached hydrogens (tertiary/aromatic N) is 1. The van der Waals surface area contributed by atoms with Gasteiger partial charge in [-0.3, -0.25) is 4.79 Å². The van der Waals surface area contributed by atoms with E-state index >= 15 is 0 Å². The van der Waals surface area contributed by atoms with E-state index in [9.17, 15) is 4.79 Å². The van der Waals surface area contributed by atoms with Gasteiger partial charge in [0.05, 0.1) is 13.2 Å². The van der Waals surface area contributed by atoms with E-state index in [2.05, 4.69) is 32.6 Å². The van der Waals surface area contributed by atoms with Crippen LogP contribution in [0.4, 0.5) is 5.69 Å². The second kappa shape index (κ2) is 9.76. The van der Waals surface area contributed by atoms with Gasteiger partial charge in [-0.15, -0.1) is 0 Å². The molecule has 0 saturated heterocycles. The molecule has 0 atom stereocenters. The first-order chi connectivity index (χ1) is 10.1. The van der Waals surface area contributed by atoms with E-state index in [0.717, 1.165) is 23.2 Å². The fraction of sp³-hybridized carbons (Fsp3) is 0.533. The third kappa shape index (κ3) is 6.46. The van der Waals surface area contributed by atoms with Crippen molar-refractivity contribution in [3.8, 4) is 0 Å². The molecule has 0 spiro atoms. The van der Waals surface area contributed by atoms with E-state index < -0.39 is 0 Å². The summed E-state index contributed by atoms with van der Waals surface area (Å²) in [7, 11) is 3.60. The van der Waals surface area contributed by atoms with Gasteiger partial charge < -0.3 is 20.3 Å². The molecule has 0 fully saturated rings. The highest BCUT2D eigenvalue weighted by molar-refractivity contribution is 9.10. The fourth-order valence-electron chi connectivity index (χ4n) is 1.87. The largest absolute Gasteiger partial charge is 0.383 e. The van der Waals surface area contributed by atoms with Gasteiger partial charge in [0.2, 0.25) is 5.91 Å². The normalized spacial score (nSPS) is 10.5. The van der Waals surface area contributed by atoms with Crippen molar-refractivity contribution < 1.29 is 9.53 Å². The van der Waals surface area contributed by atoms with Crippen LogP contribution in [-0.4, -0.2) is 46.3 Å². The maximum Gasteiger partial charge on any atom is 0.239 e. The molecule has 0 aliphatic carbocycles. The molecule has 118 valence electrons. The van der Waals surface area contributed by atoms with E-state index in [0.29, 0.717) is 19.7 Å². The molecule has 0 saturated carbocycles. The third-order valence-electron chi connectivity index (χ3n) is 3.03. The van der Waals surface area contributed by atoms with Gasteiger partial charge >= 0.3 is 0 Å². The molecular weight excluding hydrogens is 334 g/mol. The van der Waals surface area contributed by atoms with Crippen molar-refractivity contribution in [2.45, 2.75) is 13.5 Å². The Morgan fingerprint density at radius 2 is 2.19 bits per heavy atom. The molecule has 21 heavy (non-hydrogen) atoms. The third-order valence-corrected chi connectivity index (χ3v) is 3.77. The molecule has 2 N–H and O–H groups in total. The van der Waals surface area contributed by atoms with Crippen LogP contribution in [0.3, 0.4) is 0 Å². The van der Waals surface area contributed by atoms with Gasteiger partial charge in [-0.05, 0) is 24.6 Å². The standard InChI is InChI=1S/C15H24BrN3O2/c1-4-18-15(20)11-19(2)13-6-5-12(14(16)9-13)10-17-7-8-21-3/h5-6,9,17H,4,7-8,10-11H2,1-3H3,(H,18,20). The number of benzene rings is 1. The summed E-state index contributed by atoms with van der Waals surface area (Å²) in [5, 5.41) is 6.11. The Balaban J connectivity index is 2.58. The molecule has 6 heteroatoms. The minimum atomic E-state index is 0.0291. The van der Waals surface area contributed by atoms with Crippen LogP contribution in [0, 0.1) is 0 Å².